The lowest BCUT2D eigenvalue weighted by Crippen LogP contribution is -2.48. The third-order valence-corrected chi connectivity index (χ3v) is 5.46. The standard InChI is InChI=1S/C21H18N2O/c1-2-22-19-11-6-5-10-17(19)21(20(22)24)14-15-8-3-4-9-16(15)18-12-7-13-23(18)21/h3-13H,2,14H2,1H3. The van der Waals surface area contributed by atoms with Crippen LogP contribution in [0.25, 0.3) is 11.3 Å². The lowest BCUT2D eigenvalue weighted by molar-refractivity contribution is -0.124. The molecule has 5 rings (SSSR count). The van der Waals surface area contributed by atoms with Crippen molar-refractivity contribution in [2.45, 2.75) is 18.9 Å². The minimum absolute atomic E-state index is 0.179. The number of likely N-dealkylation sites (N-methyl/N-ethyl adjacent to an activating group) is 1. The molecule has 3 nitrogen and oxygen atoms in total. The van der Waals surface area contributed by atoms with E-state index in [-0.39, 0.29) is 5.91 Å². The molecule has 1 atom stereocenters. The van der Waals surface area contributed by atoms with Crippen molar-refractivity contribution < 1.29 is 4.79 Å². The average molecular weight is 314 g/mol. The van der Waals surface area contributed by atoms with Crippen LogP contribution in [0.5, 0.6) is 0 Å². The van der Waals surface area contributed by atoms with E-state index in [1.807, 2.05) is 30.0 Å². The number of carbonyl (C=O) groups is 1. The van der Waals surface area contributed by atoms with Gasteiger partial charge in [-0.05, 0) is 30.7 Å². The lowest BCUT2D eigenvalue weighted by atomic mass is 9.79. The zero-order chi connectivity index (χ0) is 16.3. The molecular formula is C21H18N2O. The van der Waals surface area contributed by atoms with Crippen LogP contribution in [-0.2, 0) is 16.8 Å². The number of para-hydroxylation sites is 1. The summed E-state index contributed by atoms with van der Waals surface area (Å²) in [5.41, 5.74) is 5.10. The van der Waals surface area contributed by atoms with Crippen molar-refractivity contribution in [2.75, 3.05) is 11.4 Å². The number of anilines is 1. The van der Waals surface area contributed by atoms with Gasteiger partial charge < -0.3 is 9.47 Å². The van der Waals surface area contributed by atoms with Gasteiger partial charge in [-0.1, -0.05) is 42.5 Å². The fourth-order valence-electron chi connectivity index (χ4n) is 4.44. The molecule has 1 spiro atoms. The summed E-state index contributed by atoms with van der Waals surface area (Å²) in [6.07, 6.45) is 2.76. The third-order valence-electron chi connectivity index (χ3n) is 5.46. The lowest BCUT2D eigenvalue weighted by Gasteiger charge is -2.37. The Hall–Kier alpha value is -2.81. The molecule has 0 fully saturated rings. The van der Waals surface area contributed by atoms with Gasteiger partial charge in [0.1, 0.15) is 0 Å². The van der Waals surface area contributed by atoms with Crippen molar-refractivity contribution in [3.63, 3.8) is 0 Å². The summed E-state index contributed by atoms with van der Waals surface area (Å²) in [5, 5.41) is 0. The Morgan fingerprint density at radius 2 is 1.79 bits per heavy atom. The SMILES string of the molecule is CCN1C(=O)C2(Cc3ccccc3-c3cccn32)c2ccccc21. The summed E-state index contributed by atoms with van der Waals surface area (Å²) in [4.78, 5) is 15.5. The Morgan fingerprint density at radius 3 is 2.67 bits per heavy atom. The molecule has 2 aromatic carbocycles. The molecule has 3 heterocycles. The highest BCUT2D eigenvalue weighted by Crippen LogP contribution is 2.50. The molecule has 118 valence electrons. The second-order valence-electron chi connectivity index (χ2n) is 6.52. The van der Waals surface area contributed by atoms with Crippen LogP contribution in [0.3, 0.4) is 0 Å². The molecular weight excluding hydrogens is 296 g/mol. The number of hydrogen-bond acceptors (Lipinski definition) is 1. The number of nitrogens with zero attached hydrogens (tertiary/aromatic N) is 2. The van der Waals surface area contributed by atoms with E-state index in [4.69, 9.17) is 0 Å². The number of hydrogen-bond donors (Lipinski definition) is 0. The molecule has 0 aliphatic carbocycles. The van der Waals surface area contributed by atoms with Gasteiger partial charge in [0.15, 0.2) is 5.54 Å². The smallest absolute Gasteiger partial charge is 0.258 e. The first-order valence-corrected chi connectivity index (χ1v) is 8.45. The van der Waals surface area contributed by atoms with E-state index in [0.717, 1.165) is 16.9 Å². The molecule has 0 saturated heterocycles. The van der Waals surface area contributed by atoms with Crippen molar-refractivity contribution in [2.24, 2.45) is 0 Å². The van der Waals surface area contributed by atoms with Crippen molar-refractivity contribution >= 4 is 11.6 Å². The van der Waals surface area contributed by atoms with Crippen LogP contribution in [0, 0.1) is 0 Å². The maximum absolute atomic E-state index is 13.5. The maximum Gasteiger partial charge on any atom is 0.258 e. The van der Waals surface area contributed by atoms with Gasteiger partial charge in [0.2, 0.25) is 0 Å². The molecule has 1 aromatic heterocycles. The van der Waals surface area contributed by atoms with E-state index in [1.165, 1.54) is 11.1 Å². The van der Waals surface area contributed by atoms with E-state index in [9.17, 15) is 4.79 Å². The third kappa shape index (κ3) is 1.45. The molecule has 3 heteroatoms. The highest BCUT2D eigenvalue weighted by molar-refractivity contribution is 6.09. The van der Waals surface area contributed by atoms with Crippen LogP contribution in [0.1, 0.15) is 18.1 Å². The highest BCUT2D eigenvalue weighted by atomic mass is 16.2. The quantitative estimate of drug-likeness (QED) is 0.670. The number of aromatic nitrogens is 1. The fraction of sp³-hybridized carbons (Fsp3) is 0.190. The summed E-state index contributed by atoms with van der Waals surface area (Å²) >= 11 is 0. The van der Waals surface area contributed by atoms with Gasteiger partial charge in [0, 0.05) is 41.7 Å². The molecule has 0 N–H and O–H groups in total. The molecule has 3 aromatic rings. The minimum Gasteiger partial charge on any atom is -0.328 e. The predicted molar refractivity (Wildman–Crippen MR) is 95.1 cm³/mol. The van der Waals surface area contributed by atoms with E-state index < -0.39 is 5.54 Å². The van der Waals surface area contributed by atoms with Crippen LogP contribution in [0.15, 0.2) is 66.9 Å². The molecule has 24 heavy (non-hydrogen) atoms. The molecule has 0 saturated carbocycles. The Kier molecular flexibility index (Phi) is 2.61. The Bertz CT molecular complexity index is 971. The number of carbonyl (C=O) groups excluding carboxylic acids is 1. The molecule has 2 aliphatic heterocycles. The second kappa shape index (κ2) is 4.60. The van der Waals surface area contributed by atoms with Crippen LogP contribution in [0.2, 0.25) is 0 Å². The van der Waals surface area contributed by atoms with Gasteiger partial charge in [0.05, 0.1) is 0 Å². The summed E-state index contributed by atoms with van der Waals surface area (Å²) in [6.45, 7) is 2.73. The number of rotatable bonds is 1. The summed E-state index contributed by atoms with van der Waals surface area (Å²) in [6, 6.07) is 20.8. The van der Waals surface area contributed by atoms with Crippen molar-refractivity contribution in [3.05, 3.63) is 78.0 Å². The zero-order valence-electron chi connectivity index (χ0n) is 13.6. The van der Waals surface area contributed by atoms with Crippen LogP contribution >= 0.6 is 0 Å². The van der Waals surface area contributed by atoms with E-state index in [1.54, 1.807) is 0 Å². The van der Waals surface area contributed by atoms with Crippen LogP contribution < -0.4 is 4.90 Å². The summed E-state index contributed by atoms with van der Waals surface area (Å²) in [5.74, 6) is 0.179. The van der Waals surface area contributed by atoms with Crippen molar-refractivity contribution in [3.8, 4) is 11.3 Å². The number of benzene rings is 2. The van der Waals surface area contributed by atoms with Gasteiger partial charge in [0.25, 0.3) is 5.91 Å². The number of amides is 1. The number of fused-ring (bicyclic) bond motifs is 6. The normalized spacial score (nSPS) is 20.9. The van der Waals surface area contributed by atoms with Crippen LogP contribution in [-0.4, -0.2) is 17.0 Å². The van der Waals surface area contributed by atoms with Crippen LogP contribution in [0.4, 0.5) is 5.69 Å². The first-order valence-electron chi connectivity index (χ1n) is 8.45. The van der Waals surface area contributed by atoms with E-state index >= 15 is 0 Å². The molecule has 2 aliphatic rings. The molecule has 0 bridgehead atoms. The first kappa shape index (κ1) is 13.6. The van der Waals surface area contributed by atoms with Gasteiger partial charge >= 0.3 is 0 Å². The highest BCUT2D eigenvalue weighted by Gasteiger charge is 2.54. The van der Waals surface area contributed by atoms with E-state index in [0.29, 0.717) is 13.0 Å². The first-order chi connectivity index (χ1) is 11.8. The zero-order valence-corrected chi connectivity index (χ0v) is 13.6. The molecule has 0 radical (unpaired) electrons. The van der Waals surface area contributed by atoms with Gasteiger partial charge in [-0.3, -0.25) is 4.79 Å². The van der Waals surface area contributed by atoms with Crippen molar-refractivity contribution in [1.82, 2.24) is 4.57 Å². The fourth-order valence-corrected chi connectivity index (χ4v) is 4.44. The minimum atomic E-state index is -0.653. The van der Waals surface area contributed by atoms with Gasteiger partial charge in [-0.2, -0.15) is 0 Å². The maximum atomic E-state index is 13.5. The second-order valence-corrected chi connectivity index (χ2v) is 6.52. The van der Waals surface area contributed by atoms with E-state index in [2.05, 4.69) is 53.2 Å². The largest absolute Gasteiger partial charge is 0.328 e. The topological polar surface area (TPSA) is 25.2 Å². The summed E-state index contributed by atoms with van der Waals surface area (Å²) < 4.78 is 2.19. The average Bonchev–Trinajstić information content (AvgIpc) is 3.19. The van der Waals surface area contributed by atoms with Crippen molar-refractivity contribution in [1.29, 1.82) is 0 Å². The Balaban J connectivity index is 1.86. The molecule has 1 amide bonds. The Morgan fingerprint density at radius 1 is 1.00 bits per heavy atom. The monoisotopic (exact) mass is 314 g/mol. The van der Waals surface area contributed by atoms with Gasteiger partial charge in [-0.25, -0.2) is 0 Å². The summed E-state index contributed by atoms with van der Waals surface area (Å²) in [7, 11) is 0. The van der Waals surface area contributed by atoms with Gasteiger partial charge in [-0.15, -0.1) is 0 Å². The Labute approximate surface area is 141 Å². The predicted octanol–water partition coefficient (Wildman–Crippen LogP) is 3.82. The molecule has 1 unspecified atom stereocenters.